The van der Waals surface area contributed by atoms with E-state index in [1.54, 1.807) is 6.92 Å². The van der Waals surface area contributed by atoms with E-state index >= 15 is 0 Å². The molecule has 1 unspecified atom stereocenters. The smallest absolute Gasteiger partial charge is 0.215 e. The van der Waals surface area contributed by atoms with Gasteiger partial charge in [0.2, 0.25) is 5.90 Å². The van der Waals surface area contributed by atoms with Crippen LogP contribution in [-0.2, 0) is 4.74 Å². The zero-order valence-corrected chi connectivity index (χ0v) is 8.52. The molecule has 1 rings (SSSR count). The molecule has 4 heteroatoms. The maximum Gasteiger partial charge on any atom is 0.215 e. The van der Waals surface area contributed by atoms with Crippen LogP contribution < -0.4 is 0 Å². The van der Waals surface area contributed by atoms with Gasteiger partial charge in [-0.3, -0.25) is 5.41 Å². The van der Waals surface area contributed by atoms with Crippen LogP contribution in [0.3, 0.4) is 0 Å². The Morgan fingerprint density at radius 1 is 1.77 bits per heavy atom. The Morgan fingerprint density at radius 2 is 2.46 bits per heavy atom. The second kappa shape index (κ2) is 4.39. The zero-order valence-electron chi connectivity index (χ0n) is 7.70. The first kappa shape index (κ1) is 10.2. The lowest BCUT2D eigenvalue weighted by atomic mass is 10.2. The topological polar surface area (TPSA) is 53.3 Å². The van der Waals surface area contributed by atoms with E-state index in [0.717, 1.165) is 10.4 Å². The van der Waals surface area contributed by atoms with Crippen LogP contribution in [0, 0.1) is 12.3 Å². The normalized spacial score (nSPS) is 12.5. The Hall–Kier alpha value is -0.870. The summed E-state index contributed by atoms with van der Waals surface area (Å²) in [6, 6.07) is 1.92. The third-order valence-electron chi connectivity index (χ3n) is 1.70. The molecule has 1 atom stereocenters. The fourth-order valence-corrected chi connectivity index (χ4v) is 1.93. The molecule has 0 aliphatic rings. The van der Waals surface area contributed by atoms with Gasteiger partial charge in [-0.2, -0.15) is 0 Å². The highest BCUT2D eigenvalue weighted by molar-refractivity contribution is 7.10. The van der Waals surface area contributed by atoms with Crippen LogP contribution in [0.4, 0.5) is 0 Å². The number of nitrogens with one attached hydrogen (secondary N) is 1. The first-order chi connectivity index (χ1) is 6.16. The van der Waals surface area contributed by atoms with Gasteiger partial charge in [-0.15, -0.1) is 11.3 Å². The Balaban J connectivity index is 2.73. The van der Waals surface area contributed by atoms with E-state index in [1.165, 1.54) is 11.3 Å². The van der Waals surface area contributed by atoms with Gasteiger partial charge >= 0.3 is 0 Å². The maximum absolute atomic E-state index is 9.65. The number of thiophene rings is 1. The molecule has 1 heterocycles. The summed E-state index contributed by atoms with van der Waals surface area (Å²) in [6.45, 7) is 4.12. The number of aliphatic hydroxyl groups is 1. The van der Waals surface area contributed by atoms with Crippen molar-refractivity contribution in [2.75, 3.05) is 6.61 Å². The second-order valence-electron chi connectivity index (χ2n) is 2.67. The molecule has 0 aliphatic carbocycles. The van der Waals surface area contributed by atoms with E-state index in [0.29, 0.717) is 6.61 Å². The molecule has 2 N–H and O–H groups in total. The lowest BCUT2D eigenvalue weighted by Gasteiger charge is -2.11. The lowest BCUT2D eigenvalue weighted by Crippen LogP contribution is -2.14. The van der Waals surface area contributed by atoms with E-state index < -0.39 is 6.10 Å². The monoisotopic (exact) mass is 199 g/mol. The van der Waals surface area contributed by atoms with Gasteiger partial charge in [0, 0.05) is 4.88 Å². The third kappa shape index (κ3) is 2.29. The highest BCUT2D eigenvalue weighted by atomic mass is 32.1. The van der Waals surface area contributed by atoms with Crippen LogP contribution in [0.1, 0.15) is 23.5 Å². The molecule has 72 valence electrons. The highest BCUT2D eigenvalue weighted by Crippen LogP contribution is 2.24. The zero-order chi connectivity index (χ0) is 9.84. The van der Waals surface area contributed by atoms with Crippen molar-refractivity contribution in [2.45, 2.75) is 20.0 Å². The summed E-state index contributed by atoms with van der Waals surface area (Å²) >= 11 is 1.44. The average Bonchev–Trinajstić information content (AvgIpc) is 2.50. The number of hydrogen-bond acceptors (Lipinski definition) is 4. The molecule has 0 spiro atoms. The van der Waals surface area contributed by atoms with Crippen molar-refractivity contribution in [1.29, 1.82) is 5.41 Å². The molecule has 0 fully saturated rings. The molecule has 13 heavy (non-hydrogen) atoms. The Bertz CT molecular complexity index is 296. The number of aryl methyl sites for hydroxylation is 1. The van der Waals surface area contributed by atoms with Gasteiger partial charge < -0.3 is 9.84 Å². The van der Waals surface area contributed by atoms with Crippen molar-refractivity contribution in [3.05, 3.63) is 21.9 Å². The van der Waals surface area contributed by atoms with Crippen molar-refractivity contribution in [3.63, 3.8) is 0 Å². The van der Waals surface area contributed by atoms with E-state index in [1.807, 2.05) is 18.4 Å². The number of rotatable bonds is 3. The van der Waals surface area contributed by atoms with Gasteiger partial charge in [-0.05, 0) is 30.9 Å². The van der Waals surface area contributed by atoms with E-state index in [9.17, 15) is 5.11 Å². The van der Waals surface area contributed by atoms with E-state index in [2.05, 4.69) is 0 Å². The Morgan fingerprint density at radius 3 is 2.92 bits per heavy atom. The molecule has 0 amide bonds. The Kier molecular flexibility index (Phi) is 3.45. The fraction of sp³-hybridized carbons (Fsp3) is 0.444. The summed E-state index contributed by atoms with van der Waals surface area (Å²) in [7, 11) is 0. The lowest BCUT2D eigenvalue weighted by molar-refractivity contribution is 0.193. The number of aliphatic hydroxyl groups excluding tert-OH is 1. The molecule has 0 aromatic carbocycles. The van der Waals surface area contributed by atoms with Crippen molar-refractivity contribution in [2.24, 2.45) is 0 Å². The largest absolute Gasteiger partial charge is 0.479 e. The molecule has 0 saturated carbocycles. The summed E-state index contributed by atoms with van der Waals surface area (Å²) in [5.74, 6) is -0.0759. The third-order valence-corrected chi connectivity index (χ3v) is 2.77. The van der Waals surface area contributed by atoms with Crippen molar-refractivity contribution >= 4 is 17.2 Å². The van der Waals surface area contributed by atoms with Crippen LogP contribution >= 0.6 is 11.3 Å². The summed E-state index contributed by atoms with van der Waals surface area (Å²) < 4.78 is 4.92. The maximum atomic E-state index is 9.65. The van der Waals surface area contributed by atoms with E-state index in [-0.39, 0.29) is 5.90 Å². The summed E-state index contributed by atoms with van der Waals surface area (Å²) in [5, 5.41) is 18.9. The molecule has 0 bridgehead atoms. The summed E-state index contributed by atoms with van der Waals surface area (Å²) in [6.07, 6.45) is -0.903. The van der Waals surface area contributed by atoms with E-state index in [4.69, 9.17) is 10.1 Å². The van der Waals surface area contributed by atoms with Crippen molar-refractivity contribution in [3.8, 4) is 0 Å². The standard InChI is InChI=1S/C9H13NO2S/c1-3-12-9(10)7(11)8-6(2)4-5-13-8/h4-5,7,10-11H,3H2,1-2H3. The fourth-order valence-electron chi connectivity index (χ4n) is 1.02. The van der Waals surface area contributed by atoms with Crippen LogP contribution in [0.25, 0.3) is 0 Å². The average molecular weight is 199 g/mol. The molecule has 1 aromatic heterocycles. The first-order valence-electron chi connectivity index (χ1n) is 4.10. The molecule has 3 nitrogen and oxygen atoms in total. The molecular formula is C9H13NO2S. The van der Waals surface area contributed by atoms with Crippen LogP contribution in [0.2, 0.25) is 0 Å². The number of hydrogen-bond donors (Lipinski definition) is 2. The van der Waals surface area contributed by atoms with Gasteiger partial charge in [-0.25, -0.2) is 0 Å². The van der Waals surface area contributed by atoms with Crippen molar-refractivity contribution < 1.29 is 9.84 Å². The molecule has 1 aromatic rings. The van der Waals surface area contributed by atoms with Gasteiger partial charge in [0.1, 0.15) is 0 Å². The molecule has 0 saturated heterocycles. The number of ether oxygens (including phenoxy) is 1. The van der Waals surface area contributed by atoms with Gasteiger partial charge in [0.25, 0.3) is 0 Å². The summed E-state index contributed by atoms with van der Waals surface area (Å²) in [5.41, 5.74) is 1.00. The quantitative estimate of drug-likeness (QED) is 0.578. The predicted octanol–water partition coefficient (Wildman–Crippen LogP) is 2.10. The van der Waals surface area contributed by atoms with Gasteiger partial charge in [-0.1, -0.05) is 0 Å². The van der Waals surface area contributed by atoms with Gasteiger partial charge in [0.15, 0.2) is 6.10 Å². The molecule has 0 aliphatic heterocycles. The minimum atomic E-state index is -0.903. The highest BCUT2D eigenvalue weighted by Gasteiger charge is 2.17. The van der Waals surface area contributed by atoms with Crippen molar-refractivity contribution in [1.82, 2.24) is 0 Å². The minimum absolute atomic E-state index is 0.0759. The predicted molar refractivity (Wildman–Crippen MR) is 53.4 cm³/mol. The summed E-state index contributed by atoms with van der Waals surface area (Å²) in [4.78, 5) is 0.790. The second-order valence-corrected chi connectivity index (χ2v) is 3.62. The minimum Gasteiger partial charge on any atom is -0.479 e. The van der Waals surface area contributed by atoms with Gasteiger partial charge in [0.05, 0.1) is 6.61 Å². The van der Waals surface area contributed by atoms with Crippen LogP contribution in [0.5, 0.6) is 0 Å². The Labute approximate surface area is 81.5 Å². The first-order valence-corrected chi connectivity index (χ1v) is 4.98. The molecular weight excluding hydrogens is 186 g/mol. The molecule has 0 radical (unpaired) electrons. The SMILES string of the molecule is CCOC(=N)C(O)c1sccc1C. The van der Waals surface area contributed by atoms with Crippen LogP contribution in [0.15, 0.2) is 11.4 Å². The van der Waals surface area contributed by atoms with Crippen LogP contribution in [-0.4, -0.2) is 17.6 Å².